The number of aryl methyl sites for hydroxylation is 1. The Hall–Kier alpha value is -3.81. The van der Waals surface area contributed by atoms with Crippen LogP contribution in [0.5, 0.6) is 5.75 Å². The fourth-order valence-corrected chi connectivity index (χ4v) is 5.24. The third kappa shape index (κ3) is 5.05. The molecule has 5 rings (SSSR count). The number of benzene rings is 3. The Morgan fingerprint density at radius 1 is 0.892 bits per heavy atom. The Morgan fingerprint density at radius 3 is 2.19 bits per heavy atom. The van der Waals surface area contributed by atoms with Crippen molar-refractivity contribution in [2.75, 3.05) is 13.1 Å². The minimum atomic E-state index is -2.04. The minimum absolute atomic E-state index is 0.0702. The molecule has 0 bridgehead atoms. The van der Waals surface area contributed by atoms with Crippen molar-refractivity contribution in [3.8, 4) is 5.75 Å². The summed E-state index contributed by atoms with van der Waals surface area (Å²) in [6.45, 7) is 0.643. The topological polar surface area (TPSA) is 95.9 Å². The summed E-state index contributed by atoms with van der Waals surface area (Å²) in [6.07, 6.45) is 2.07. The first-order valence-corrected chi connectivity index (χ1v) is 12.7. The minimum Gasteiger partial charge on any atom is -0.482 e. The van der Waals surface area contributed by atoms with Crippen LogP contribution in [-0.4, -0.2) is 52.8 Å². The maximum Gasteiger partial charge on any atom is 0.267 e. The maximum absolute atomic E-state index is 13.4. The second kappa shape index (κ2) is 10.7. The van der Waals surface area contributed by atoms with Crippen molar-refractivity contribution in [3.63, 3.8) is 0 Å². The Kier molecular flexibility index (Phi) is 7.17. The zero-order valence-corrected chi connectivity index (χ0v) is 20.5. The molecule has 3 aromatic carbocycles. The second-order valence-corrected chi connectivity index (χ2v) is 9.61. The molecule has 3 aromatic rings. The number of ether oxygens (including phenoxy) is 1. The van der Waals surface area contributed by atoms with Crippen LogP contribution in [-0.2, 0) is 26.4 Å². The number of Topliss-reactive ketones (excluding diaryl/α,β-unsaturated/α-hetero) is 1. The molecule has 0 saturated carbocycles. The average molecular weight is 499 g/mol. The number of fused-ring (bicyclic) bond motifs is 1. The third-order valence-corrected chi connectivity index (χ3v) is 7.25. The quantitative estimate of drug-likeness (QED) is 0.520. The normalized spacial score (nSPS) is 19.5. The van der Waals surface area contributed by atoms with E-state index in [0.29, 0.717) is 30.5 Å². The number of nitrogens with one attached hydrogen (secondary N) is 1. The number of aliphatic hydroxyl groups is 1. The average Bonchev–Trinajstić information content (AvgIpc) is 3.41. The first-order valence-electron chi connectivity index (χ1n) is 12.7. The zero-order valence-electron chi connectivity index (χ0n) is 20.5. The highest BCUT2D eigenvalue weighted by Gasteiger charge is 2.43. The molecule has 0 aromatic heterocycles. The summed E-state index contributed by atoms with van der Waals surface area (Å²) in [7, 11) is 0. The summed E-state index contributed by atoms with van der Waals surface area (Å²) in [5.74, 6) is -0.684. The van der Waals surface area contributed by atoms with Gasteiger partial charge in [-0.15, -0.1) is 0 Å². The van der Waals surface area contributed by atoms with E-state index in [-0.39, 0.29) is 12.3 Å². The molecule has 0 radical (unpaired) electrons. The van der Waals surface area contributed by atoms with Gasteiger partial charge in [-0.1, -0.05) is 78.9 Å². The fourth-order valence-electron chi connectivity index (χ4n) is 5.24. The molecule has 7 heteroatoms. The van der Waals surface area contributed by atoms with E-state index in [2.05, 4.69) is 5.32 Å². The Bertz CT molecular complexity index is 1240. The number of rotatable bonds is 7. The molecule has 37 heavy (non-hydrogen) atoms. The van der Waals surface area contributed by atoms with Crippen LogP contribution in [0.25, 0.3) is 0 Å². The van der Waals surface area contributed by atoms with Crippen LogP contribution in [0.2, 0.25) is 0 Å². The maximum atomic E-state index is 13.4. The van der Waals surface area contributed by atoms with Gasteiger partial charge >= 0.3 is 0 Å². The molecule has 7 nitrogen and oxygen atoms in total. The Labute approximate surface area is 216 Å². The van der Waals surface area contributed by atoms with Crippen molar-refractivity contribution in [2.45, 2.75) is 43.4 Å². The van der Waals surface area contributed by atoms with Crippen molar-refractivity contribution in [1.29, 1.82) is 0 Å². The SMILES string of the molecule is O=C(CN1CCC[C@H]1C(=O)NC(=O)C(O)(c1ccccc1)c1ccccc1)C1CCc2ccccc2O1. The van der Waals surface area contributed by atoms with Gasteiger partial charge in [-0.2, -0.15) is 0 Å². The lowest BCUT2D eigenvalue weighted by atomic mass is 9.85. The molecule has 1 unspecified atom stereocenters. The number of ketones is 1. The lowest BCUT2D eigenvalue weighted by Gasteiger charge is -2.30. The lowest BCUT2D eigenvalue weighted by molar-refractivity contribution is -0.143. The zero-order chi connectivity index (χ0) is 25.8. The number of nitrogens with zero attached hydrogens (tertiary/aromatic N) is 1. The predicted octanol–water partition coefficient (Wildman–Crippen LogP) is 2.99. The monoisotopic (exact) mass is 498 g/mol. The molecule has 2 amide bonds. The first-order chi connectivity index (χ1) is 18.0. The Morgan fingerprint density at radius 2 is 1.51 bits per heavy atom. The van der Waals surface area contributed by atoms with Crippen LogP contribution in [0.4, 0.5) is 0 Å². The molecular weight excluding hydrogens is 468 g/mol. The van der Waals surface area contributed by atoms with Gasteiger partial charge in [0.2, 0.25) is 5.91 Å². The third-order valence-electron chi connectivity index (χ3n) is 7.25. The van der Waals surface area contributed by atoms with Crippen molar-refractivity contribution in [3.05, 3.63) is 102 Å². The van der Waals surface area contributed by atoms with E-state index in [1.807, 2.05) is 24.3 Å². The number of hydrogen-bond donors (Lipinski definition) is 2. The van der Waals surface area contributed by atoms with E-state index < -0.39 is 29.6 Å². The van der Waals surface area contributed by atoms with Crippen LogP contribution in [0.1, 0.15) is 36.0 Å². The number of likely N-dealkylation sites (tertiary alicyclic amines) is 1. The second-order valence-electron chi connectivity index (χ2n) is 9.61. The van der Waals surface area contributed by atoms with Crippen molar-refractivity contribution in [2.24, 2.45) is 0 Å². The molecule has 2 atom stereocenters. The number of amides is 2. The van der Waals surface area contributed by atoms with E-state index in [9.17, 15) is 19.5 Å². The van der Waals surface area contributed by atoms with Crippen LogP contribution in [0, 0.1) is 0 Å². The van der Waals surface area contributed by atoms with E-state index in [1.54, 1.807) is 65.6 Å². The van der Waals surface area contributed by atoms with Gasteiger partial charge in [-0.05, 0) is 55.0 Å². The smallest absolute Gasteiger partial charge is 0.267 e. The number of para-hydroxylation sites is 1. The van der Waals surface area contributed by atoms with Crippen molar-refractivity contribution >= 4 is 17.6 Å². The van der Waals surface area contributed by atoms with Crippen LogP contribution >= 0.6 is 0 Å². The number of carbonyl (C=O) groups excluding carboxylic acids is 3. The molecule has 2 aliphatic heterocycles. The van der Waals surface area contributed by atoms with Crippen molar-refractivity contribution in [1.82, 2.24) is 10.2 Å². The highest BCUT2D eigenvalue weighted by atomic mass is 16.5. The van der Waals surface area contributed by atoms with E-state index in [4.69, 9.17) is 4.74 Å². The van der Waals surface area contributed by atoms with Gasteiger partial charge in [-0.3, -0.25) is 24.6 Å². The molecular formula is C30H30N2O5. The lowest BCUT2D eigenvalue weighted by Crippen LogP contribution is -2.53. The largest absolute Gasteiger partial charge is 0.482 e. The molecule has 2 N–H and O–H groups in total. The van der Waals surface area contributed by atoms with Crippen LogP contribution in [0.3, 0.4) is 0 Å². The summed E-state index contributed by atoms with van der Waals surface area (Å²) in [5.41, 5.74) is -0.229. The van der Waals surface area contributed by atoms with Gasteiger partial charge in [0.1, 0.15) is 5.75 Å². The molecule has 0 aliphatic carbocycles. The van der Waals surface area contributed by atoms with Gasteiger partial charge in [0.05, 0.1) is 12.6 Å². The van der Waals surface area contributed by atoms with Gasteiger partial charge < -0.3 is 9.84 Å². The van der Waals surface area contributed by atoms with Gasteiger partial charge in [-0.25, -0.2) is 0 Å². The van der Waals surface area contributed by atoms with E-state index in [1.165, 1.54) is 0 Å². The highest BCUT2D eigenvalue weighted by Crippen LogP contribution is 2.31. The summed E-state index contributed by atoms with van der Waals surface area (Å²) in [5, 5.41) is 14.1. The number of carbonyl (C=O) groups is 3. The fraction of sp³-hybridized carbons (Fsp3) is 0.300. The molecule has 190 valence electrons. The molecule has 0 spiro atoms. The molecule has 1 fully saturated rings. The number of hydrogen-bond acceptors (Lipinski definition) is 6. The molecule has 2 heterocycles. The summed E-state index contributed by atoms with van der Waals surface area (Å²) < 4.78 is 5.94. The summed E-state index contributed by atoms with van der Waals surface area (Å²) in [6, 6.07) is 24.2. The highest BCUT2D eigenvalue weighted by molar-refractivity contribution is 6.03. The first kappa shape index (κ1) is 24.9. The van der Waals surface area contributed by atoms with Crippen LogP contribution in [0.15, 0.2) is 84.9 Å². The van der Waals surface area contributed by atoms with Gasteiger partial charge in [0.15, 0.2) is 17.5 Å². The van der Waals surface area contributed by atoms with Crippen LogP contribution < -0.4 is 10.1 Å². The van der Waals surface area contributed by atoms with Gasteiger partial charge in [0, 0.05) is 0 Å². The van der Waals surface area contributed by atoms with E-state index in [0.717, 1.165) is 24.2 Å². The van der Waals surface area contributed by atoms with Gasteiger partial charge in [0.25, 0.3) is 5.91 Å². The number of imide groups is 1. The summed E-state index contributed by atoms with van der Waals surface area (Å²) >= 11 is 0. The van der Waals surface area contributed by atoms with E-state index >= 15 is 0 Å². The predicted molar refractivity (Wildman–Crippen MR) is 138 cm³/mol. The summed E-state index contributed by atoms with van der Waals surface area (Å²) in [4.78, 5) is 41.6. The molecule has 1 saturated heterocycles. The molecule has 2 aliphatic rings. The Balaban J connectivity index is 1.28. The standard InChI is InChI=1S/C30H30N2O5/c33-25(27-18-17-21-10-7-8-16-26(21)37-27)20-32-19-9-15-24(32)28(34)31-29(35)30(36,22-11-3-1-4-12-22)23-13-5-2-6-14-23/h1-8,10-14,16,24,27,36H,9,15,17-20H2,(H,31,34,35)/t24-,27?/m0/s1. The van der Waals surface area contributed by atoms with Crippen molar-refractivity contribution < 1.29 is 24.2 Å².